The van der Waals surface area contributed by atoms with Crippen LogP contribution in [0.25, 0.3) is 0 Å². The minimum Gasteiger partial charge on any atom is -0.0840 e. The maximum absolute atomic E-state index is 6.40. The van der Waals surface area contributed by atoms with Gasteiger partial charge in [-0.3, -0.25) is 0 Å². The van der Waals surface area contributed by atoms with E-state index in [1.807, 2.05) is 12.1 Å². The third-order valence-corrected chi connectivity index (χ3v) is 5.81. The Morgan fingerprint density at radius 3 is 2.27 bits per heavy atom. The topological polar surface area (TPSA) is 0 Å². The normalized spacial score (nSPS) is 20.5. The van der Waals surface area contributed by atoms with Crippen molar-refractivity contribution in [3.05, 3.63) is 94.5 Å². The van der Waals surface area contributed by atoms with Crippen LogP contribution < -0.4 is 0 Å². The first-order valence-electron chi connectivity index (χ1n) is 9.72. The molecule has 0 aliphatic heterocycles. The van der Waals surface area contributed by atoms with Gasteiger partial charge in [0.05, 0.1) is 0 Å². The summed E-state index contributed by atoms with van der Waals surface area (Å²) >= 11 is 6.40. The van der Waals surface area contributed by atoms with E-state index in [-0.39, 0.29) is 0 Å². The molecular weight excluding hydrogens is 336 g/mol. The van der Waals surface area contributed by atoms with Crippen molar-refractivity contribution in [3.8, 4) is 0 Å². The zero-order chi connectivity index (χ0) is 18.5. The van der Waals surface area contributed by atoms with Crippen LogP contribution in [0, 0.1) is 17.8 Å². The lowest BCUT2D eigenvalue weighted by Crippen LogP contribution is -2.21. The molecule has 0 fully saturated rings. The fourth-order valence-electron chi connectivity index (χ4n) is 3.98. The average Bonchev–Trinajstić information content (AvgIpc) is 2.64. The predicted octanol–water partition coefficient (Wildman–Crippen LogP) is 7.24. The standard InChI is InChI=1S/C25H29Cl/c1-18(2)16-20-12-14-21(15-13-20)19(3)24-10-6-4-8-22(24)17-23-9-5-7-11-25(23)26/h4-15,18-19,22,24H,16-17H2,1-3H3. The quantitative estimate of drug-likeness (QED) is 0.506. The average molecular weight is 365 g/mol. The minimum atomic E-state index is 0.477. The molecule has 0 aromatic heterocycles. The molecule has 1 aliphatic rings. The van der Waals surface area contributed by atoms with Crippen molar-refractivity contribution in [2.24, 2.45) is 17.8 Å². The molecule has 2 aromatic rings. The molecule has 2 aromatic carbocycles. The molecule has 1 heteroatoms. The lowest BCUT2D eigenvalue weighted by Gasteiger charge is -2.30. The molecule has 1 aliphatic carbocycles. The van der Waals surface area contributed by atoms with E-state index in [0.29, 0.717) is 23.7 Å². The molecule has 0 saturated heterocycles. The molecule has 0 heterocycles. The van der Waals surface area contributed by atoms with Gasteiger partial charge in [0, 0.05) is 5.02 Å². The second-order valence-electron chi connectivity index (χ2n) is 7.93. The maximum Gasteiger partial charge on any atom is 0.0438 e. The molecule has 0 spiro atoms. The molecule has 0 N–H and O–H groups in total. The molecule has 3 rings (SSSR count). The number of hydrogen-bond acceptors (Lipinski definition) is 0. The van der Waals surface area contributed by atoms with Crippen molar-refractivity contribution in [2.75, 3.05) is 0 Å². The monoisotopic (exact) mass is 364 g/mol. The second-order valence-corrected chi connectivity index (χ2v) is 8.34. The molecule has 3 atom stereocenters. The van der Waals surface area contributed by atoms with Crippen LogP contribution in [0.15, 0.2) is 72.8 Å². The highest BCUT2D eigenvalue weighted by atomic mass is 35.5. The first-order valence-corrected chi connectivity index (χ1v) is 10.1. The molecule has 26 heavy (non-hydrogen) atoms. The summed E-state index contributed by atoms with van der Waals surface area (Å²) in [7, 11) is 0. The Bertz CT molecular complexity index is 767. The van der Waals surface area contributed by atoms with Gasteiger partial charge in [0.25, 0.3) is 0 Å². The number of rotatable bonds is 6. The van der Waals surface area contributed by atoms with Gasteiger partial charge in [0.15, 0.2) is 0 Å². The summed E-state index contributed by atoms with van der Waals surface area (Å²) < 4.78 is 0. The molecule has 0 amide bonds. The van der Waals surface area contributed by atoms with Gasteiger partial charge in [-0.05, 0) is 59.3 Å². The largest absolute Gasteiger partial charge is 0.0840 e. The van der Waals surface area contributed by atoms with Gasteiger partial charge in [0.1, 0.15) is 0 Å². The van der Waals surface area contributed by atoms with E-state index >= 15 is 0 Å². The minimum absolute atomic E-state index is 0.477. The molecule has 0 saturated carbocycles. The Balaban J connectivity index is 1.76. The molecule has 136 valence electrons. The van der Waals surface area contributed by atoms with Gasteiger partial charge in [-0.25, -0.2) is 0 Å². The van der Waals surface area contributed by atoms with Crippen molar-refractivity contribution >= 4 is 11.6 Å². The smallest absolute Gasteiger partial charge is 0.0438 e. The van der Waals surface area contributed by atoms with Gasteiger partial charge in [0.2, 0.25) is 0 Å². The Hall–Kier alpha value is -1.79. The van der Waals surface area contributed by atoms with Crippen LogP contribution in [-0.4, -0.2) is 0 Å². The van der Waals surface area contributed by atoms with Crippen molar-refractivity contribution in [2.45, 2.75) is 39.5 Å². The molecule has 3 unspecified atom stereocenters. The van der Waals surface area contributed by atoms with Crippen LogP contribution in [0.1, 0.15) is 43.4 Å². The third-order valence-electron chi connectivity index (χ3n) is 5.44. The Kier molecular flexibility index (Phi) is 6.38. The highest BCUT2D eigenvalue weighted by Crippen LogP contribution is 2.36. The van der Waals surface area contributed by atoms with Gasteiger partial charge in [-0.2, -0.15) is 0 Å². The van der Waals surface area contributed by atoms with Crippen molar-refractivity contribution in [1.29, 1.82) is 0 Å². The van der Waals surface area contributed by atoms with Crippen LogP contribution in [0.3, 0.4) is 0 Å². The molecular formula is C25H29Cl. The highest BCUT2D eigenvalue weighted by molar-refractivity contribution is 6.31. The van der Waals surface area contributed by atoms with E-state index < -0.39 is 0 Å². The summed E-state index contributed by atoms with van der Waals surface area (Å²) in [6, 6.07) is 17.5. The van der Waals surface area contributed by atoms with E-state index in [0.717, 1.165) is 17.9 Å². The van der Waals surface area contributed by atoms with Gasteiger partial charge in [-0.15, -0.1) is 0 Å². The van der Waals surface area contributed by atoms with E-state index in [2.05, 4.69) is 81.5 Å². The number of hydrogen-bond donors (Lipinski definition) is 0. The van der Waals surface area contributed by atoms with Crippen LogP contribution in [-0.2, 0) is 12.8 Å². The van der Waals surface area contributed by atoms with E-state index in [1.165, 1.54) is 16.7 Å². The Morgan fingerprint density at radius 1 is 0.885 bits per heavy atom. The van der Waals surface area contributed by atoms with E-state index in [9.17, 15) is 0 Å². The lowest BCUT2D eigenvalue weighted by molar-refractivity contribution is 0.407. The second kappa shape index (κ2) is 8.73. The molecule has 0 radical (unpaired) electrons. The highest BCUT2D eigenvalue weighted by Gasteiger charge is 2.26. The summed E-state index contributed by atoms with van der Waals surface area (Å²) in [6.07, 6.45) is 11.2. The van der Waals surface area contributed by atoms with Gasteiger partial charge in [-0.1, -0.05) is 99.1 Å². The number of halogens is 1. The Morgan fingerprint density at radius 2 is 1.58 bits per heavy atom. The zero-order valence-electron chi connectivity index (χ0n) is 16.0. The van der Waals surface area contributed by atoms with Crippen LogP contribution >= 0.6 is 11.6 Å². The summed E-state index contributed by atoms with van der Waals surface area (Å²) in [5.41, 5.74) is 4.10. The number of benzene rings is 2. The SMILES string of the molecule is CC(C)Cc1ccc(C(C)C2C=CC=CC2Cc2ccccc2Cl)cc1. The zero-order valence-corrected chi connectivity index (χ0v) is 16.8. The third kappa shape index (κ3) is 4.68. The number of allylic oxidation sites excluding steroid dienone is 4. The molecule has 0 nitrogen and oxygen atoms in total. The Labute approximate surface area is 163 Å². The fraction of sp³-hybridized carbons (Fsp3) is 0.360. The first-order chi connectivity index (χ1) is 12.5. The molecule has 0 bridgehead atoms. The van der Waals surface area contributed by atoms with Crippen molar-refractivity contribution in [1.82, 2.24) is 0 Å². The summed E-state index contributed by atoms with van der Waals surface area (Å²) in [5.74, 6) is 2.15. The first kappa shape index (κ1) is 19.0. The van der Waals surface area contributed by atoms with E-state index in [1.54, 1.807) is 0 Å². The summed E-state index contributed by atoms with van der Waals surface area (Å²) in [5, 5.41) is 0.875. The van der Waals surface area contributed by atoms with Crippen LogP contribution in [0.4, 0.5) is 0 Å². The summed E-state index contributed by atoms with van der Waals surface area (Å²) in [6.45, 7) is 6.90. The fourth-order valence-corrected chi connectivity index (χ4v) is 4.19. The van der Waals surface area contributed by atoms with E-state index in [4.69, 9.17) is 11.6 Å². The lowest BCUT2D eigenvalue weighted by atomic mass is 9.74. The van der Waals surface area contributed by atoms with Crippen molar-refractivity contribution in [3.63, 3.8) is 0 Å². The maximum atomic E-state index is 6.40. The van der Waals surface area contributed by atoms with Crippen LogP contribution in [0.5, 0.6) is 0 Å². The van der Waals surface area contributed by atoms with Gasteiger partial charge < -0.3 is 0 Å². The summed E-state index contributed by atoms with van der Waals surface area (Å²) in [4.78, 5) is 0. The predicted molar refractivity (Wildman–Crippen MR) is 114 cm³/mol. The van der Waals surface area contributed by atoms with Crippen molar-refractivity contribution < 1.29 is 0 Å². The van der Waals surface area contributed by atoms with Crippen LogP contribution in [0.2, 0.25) is 5.02 Å². The van der Waals surface area contributed by atoms with Gasteiger partial charge >= 0.3 is 0 Å².